The molecule has 1 aliphatic heterocycles. The lowest BCUT2D eigenvalue weighted by atomic mass is 10.1. The highest BCUT2D eigenvalue weighted by molar-refractivity contribution is 5.86. The Hall–Kier alpha value is -1.85. The van der Waals surface area contributed by atoms with Crippen LogP contribution in [0.3, 0.4) is 0 Å². The summed E-state index contributed by atoms with van der Waals surface area (Å²) in [5.74, 6) is 0.101. The molecular weight excluding hydrogens is 270 g/mol. The first-order valence-corrected chi connectivity index (χ1v) is 5.89. The number of aromatic nitrogens is 4. The predicted molar refractivity (Wildman–Crippen MR) is 63.8 cm³/mol. The first kappa shape index (κ1) is 13.1. The maximum atomic E-state index is 9.97. The number of fused-ring (bicyclic) bond motifs is 1. The number of aliphatic hydroxyl groups excluding tert-OH is 3. The molecule has 0 radical (unpaired) electrons. The molecule has 2 aromatic heterocycles. The Labute approximate surface area is 112 Å². The number of aliphatic hydroxyl groups is 3. The number of nitrogens with one attached hydrogen (secondary N) is 2. The number of anilines is 1. The molecule has 2 aromatic rings. The molecule has 0 amide bonds. The van der Waals surface area contributed by atoms with E-state index < -0.39 is 31.0 Å². The van der Waals surface area contributed by atoms with Gasteiger partial charge in [0.15, 0.2) is 11.3 Å². The second-order valence-electron chi connectivity index (χ2n) is 4.43. The van der Waals surface area contributed by atoms with E-state index in [-0.39, 0.29) is 11.3 Å². The molecular formula is C10H13N5O5. The highest BCUT2D eigenvalue weighted by Crippen LogP contribution is 2.35. The number of hydrogen-bond donors (Lipinski definition) is 6. The Bertz CT molecular complexity index is 619. The first-order valence-electron chi connectivity index (χ1n) is 5.89. The third kappa shape index (κ3) is 1.82. The van der Waals surface area contributed by atoms with Gasteiger partial charge in [-0.1, -0.05) is 0 Å². The van der Waals surface area contributed by atoms with Crippen LogP contribution < -0.4 is 5.48 Å². The molecule has 4 unspecified atom stereocenters. The summed E-state index contributed by atoms with van der Waals surface area (Å²) in [6.07, 6.45) is -3.02. The standard InChI is InChI=1S/C10H13N5O5/c16-1-3-7(17)8(18)9(20-3)5-4-6(14-13-5)10(15-19)12-2-11-4/h2-3,7-9,16-19H,1H2,(H,13,14)(H,11,12,15). The minimum atomic E-state index is -1.23. The Kier molecular flexibility index (Phi) is 3.23. The molecule has 0 saturated carbocycles. The topological polar surface area (TPSA) is 157 Å². The van der Waals surface area contributed by atoms with Gasteiger partial charge in [0.05, 0.1) is 12.3 Å². The zero-order chi connectivity index (χ0) is 14.3. The van der Waals surface area contributed by atoms with Crippen molar-refractivity contribution in [2.45, 2.75) is 24.4 Å². The molecule has 3 heterocycles. The van der Waals surface area contributed by atoms with E-state index in [1.165, 1.54) is 6.33 Å². The number of nitrogens with zero attached hydrogens (tertiary/aromatic N) is 3. The minimum Gasteiger partial charge on any atom is -0.394 e. The van der Waals surface area contributed by atoms with Crippen LogP contribution in [0.5, 0.6) is 0 Å². The fraction of sp³-hybridized carbons (Fsp3) is 0.500. The van der Waals surface area contributed by atoms with E-state index in [1.807, 2.05) is 5.48 Å². The monoisotopic (exact) mass is 283 g/mol. The fourth-order valence-electron chi connectivity index (χ4n) is 2.27. The smallest absolute Gasteiger partial charge is 0.181 e. The van der Waals surface area contributed by atoms with E-state index in [0.717, 1.165) is 0 Å². The summed E-state index contributed by atoms with van der Waals surface area (Å²) < 4.78 is 5.40. The SMILES string of the molecule is OCC1OC(c2[nH]nc3c(NO)ncnc23)C(O)C1O. The van der Waals surface area contributed by atoms with E-state index in [9.17, 15) is 10.2 Å². The van der Waals surface area contributed by atoms with Crippen molar-refractivity contribution in [3.05, 3.63) is 12.0 Å². The summed E-state index contributed by atoms with van der Waals surface area (Å²) in [6, 6.07) is 0. The first-order chi connectivity index (χ1) is 9.67. The lowest BCUT2D eigenvalue weighted by Crippen LogP contribution is -2.32. The number of rotatable bonds is 3. The number of hydrogen-bond acceptors (Lipinski definition) is 9. The second kappa shape index (κ2) is 4.92. The van der Waals surface area contributed by atoms with Gasteiger partial charge < -0.3 is 20.1 Å². The molecule has 10 heteroatoms. The van der Waals surface area contributed by atoms with Crippen LogP contribution in [0.2, 0.25) is 0 Å². The van der Waals surface area contributed by atoms with E-state index in [1.54, 1.807) is 0 Å². The van der Waals surface area contributed by atoms with Crippen molar-refractivity contribution >= 4 is 16.9 Å². The number of ether oxygens (including phenoxy) is 1. The van der Waals surface area contributed by atoms with Gasteiger partial charge in [-0.2, -0.15) is 5.10 Å². The molecule has 1 fully saturated rings. The average molecular weight is 283 g/mol. The van der Waals surface area contributed by atoms with Crippen LogP contribution in [-0.2, 0) is 4.74 Å². The highest BCUT2D eigenvalue weighted by atomic mass is 16.6. The van der Waals surface area contributed by atoms with Crippen molar-refractivity contribution in [1.29, 1.82) is 0 Å². The normalized spacial score (nSPS) is 30.0. The lowest BCUT2D eigenvalue weighted by Gasteiger charge is -2.12. The quantitative estimate of drug-likeness (QED) is 0.361. The van der Waals surface area contributed by atoms with Crippen molar-refractivity contribution < 1.29 is 25.3 Å². The van der Waals surface area contributed by atoms with E-state index in [2.05, 4.69) is 20.2 Å². The van der Waals surface area contributed by atoms with Crippen LogP contribution in [0.15, 0.2) is 6.33 Å². The average Bonchev–Trinajstić information content (AvgIpc) is 3.01. The lowest BCUT2D eigenvalue weighted by molar-refractivity contribution is -0.0236. The van der Waals surface area contributed by atoms with Crippen LogP contribution in [0.25, 0.3) is 11.0 Å². The Morgan fingerprint density at radius 2 is 2.05 bits per heavy atom. The van der Waals surface area contributed by atoms with Gasteiger partial charge in [-0.05, 0) is 0 Å². The molecule has 4 atom stereocenters. The van der Waals surface area contributed by atoms with E-state index in [4.69, 9.17) is 15.1 Å². The van der Waals surface area contributed by atoms with Crippen LogP contribution in [0.4, 0.5) is 5.82 Å². The van der Waals surface area contributed by atoms with E-state index >= 15 is 0 Å². The van der Waals surface area contributed by atoms with Crippen LogP contribution in [0.1, 0.15) is 11.8 Å². The van der Waals surface area contributed by atoms with Gasteiger partial charge in [0.25, 0.3) is 0 Å². The van der Waals surface area contributed by atoms with Gasteiger partial charge in [0.1, 0.15) is 36.3 Å². The Morgan fingerprint density at radius 3 is 2.70 bits per heavy atom. The Morgan fingerprint density at radius 1 is 1.25 bits per heavy atom. The third-order valence-corrected chi connectivity index (χ3v) is 3.30. The molecule has 0 bridgehead atoms. The van der Waals surface area contributed by atoms with Crippen molar-refractivity contribution in [3.8, 4) is 0 Å². The summed E-state index contributed by atoms with van der Waals surface area (Å²) in [5, 5.41) is 44.3. The molecule has 3 rings (SSSR count). The van der Waals surface area contributed by atoms with Crippen molar-refractivity contribution in [2.24, 2.45) is 0 Å². The van der Waals surface area contributed by atoms with Gasteiger partial charge in [0, 0.05) is 0 Å². The zero-order valence-corrected chi connectivity index (χ0v) is 10.1. The highest BCUT2D eigenvalue weighted by Gasteiger charge is 2.44. The van der Waals surface area contributed by atoms with Gasteiger partial charge in [-0.3, -0.25) is 15.8 Å². The van der Waals surface area contributed by atoms with Gasteiger partial charge in [-0.15, -0.1) is 0 Å². The Balaban J connectivity index is 2.03. The predicted octanol–water partition coefficient (Wildman–Crippen LogP) is -1.69. The molecule has 10 nitrogen and oxygen atoms in total. The van der Waals surface area contributed by atoms with Crippen molar-refractivity contribution in [1.82, 2.24) is 20.2 Å². The summed E-state index contributed by atoms with van der Waals surface area (Å²) in [7, 11) is 0. The summed E-state index contributed by atoms with van der Waals surface area (Å²) >= 11 is 0. The third-order valence-electron chi connectivity index (χ3n) is 3.30. The number of H-pyrrole nitrogens is 1. The molecule has 0 spiro atoms. The maximum Gasteiger partial charge on any atom is 0.181 e. The maximum absolute atomic E-state index is 9.97. The number of aromatic amines is 1. The van der Waals surface area contributed by atoms with Crippen LogP contribution >= 0.6 is 0 Å². The molecule has 0 aliphatic carbocycles. The minimum absolute atomic E-state index is 0.101. The van der Waals surface area contributed by atoms with Crippen molar-refractivity contribution in [3.63, 3.8) is 0 Å². The van der Waals surface area contributed by atoms with Gasteiger partial charge >= 0.3 is 0 Å². The molecule has 108 valence electrons. The van der Waals surface area contributed by atoms with E-state index in [0.29, 0.717) is 11.2 Å². The van der Waals surface area contributed by atoms with Crippen LogP contribution in [-0.4, -0.2) is 65.6 Å². The summed E-state index contributed by atoms with van der Waals surface area (Å²) in [6.45, 7) is -0.417. The largest absolute Gasteiger partial charge is 0.394 e. The second-order valence-corrected chi connectivity index (χ2v) is 4.43. The molecule has 0 aromatic carbocycles. The van der Waals surface area contributed by atoms with Crippen LogP contribution in [0, 0.1) is 0 Å². The van der Waals surface area contributed by atoms with Crippen molar-refractivity contribution in [2.75, 3.05) is 12.1 Å². The molecule has 6 N–H and O–H groups in total. The zero-order valence-electron chi connectivity index (χ0n) is 10.1. The summed E-state index contributed by atoms with van der Waals surface area (Å²) in [4.78, 5) is 7.80. The van der Waals surface area contributed by atoms with Gasteiger partial charge in [-0.25, -0.2) is 9.97 Å². The van der Waals surface area contributed by atoms with Gasteiger partial charge in [0.2, 0.25) is 0 Å². The molecule has 20 heavy (non-hydrogen) atoms. The molecule has 1 saturated heterocycles. The molecule has 1 aliphatic rings. The summed E-state index contributed by atoms with van der Waals surface area (Å²) in [5.41, 5.74) is 2.83. The fourth-order valence-corrected chi connectivity index (χ4v) is 2.27.